The second-order valence-electron chi connectivity index (χ2n) is 6.17. The summed E-state index contributed by atoms with van der Waals surface area (Å²) in [6.45, 7) is 7.63. The molecule has 0 bridgehead atoms. The van der Waals surface area contributed by atoms with Crippen LogP contribution in [0.15, 0.2) is 48.0 Å². The third-order valence-corrected chi connectivity index (χ3v) is 4.30. The molecule has 0 spiro atoms. The quantitative estimate of drug-likeness (QED) is 0.335. The number of nitro benzene ring substituents is 1. The molecule has 0 heterocycles. The highest BCUT2D eigenvalue weighted by molar-refractivity contribution is 6.10. The van der Waals surface area contributed by atoms with Crippen molar-refractivity contribution >= 4 is 29.0 Å². The summed E-state index contributed by atoms with van der Waals surface area (Å²) in [5.41, 5.74) is 2.16. The zero-order chi connectivity index (χ0) is 20.7. The molecule has 2 aromatic rings. The highest BCUT2D eigenvalue weighted by Gasteiger charge is 2.18. The molecule has 2 aromatic carbocycles. The third-order valence-electron chi connectivity index (χ3n) is 4.30. The maximum absolute atomic E-state index is 12.4. The van der Waals surface area contributed by atoms with Crippen LogP contribution in [0.25, 0.3) is 6.08 Å². The van der Waals surface area contributed by atoms with Crippen molar-refractivity contribution in [2.24, 2.45) is 0 Å². The van der Waals surface area contributed by atoms with Gasteiger partial charge in [0.1, 0.15) is 17.3 Å². The summed E-state index contributed by atoms with van der Waals surface area (Å²) in [6.07, 6.45) is 1.46. The molecule has 0 radical (unpaired) electrons. The molecule has 28 heavy (non-hydrogen) atoms. The highest BCUT2D eigenvalue weighted by Crippen LogP contribution is 2.26. The van der Waals surface area contributed by atoms with E-state index in [0.29, 0.717) is 11.1 Å². The molecule has 2 rings (SSSR count). The van der Waals surface area contributed by atoms with Gasteiger partial charge in [-0.15, -0.1) is 0 Å². The van der Waals surface area contributed by atoms with E-state index in [1.165, 1.54) is 18.2 Å². The fraction of sp³-hybridized carbons (Fsp3) is 0.238. The molecule has 0 aliphatic rings. The van der Waals surface area contributed by atoms with E-state index >= 15 is 0 Å². The first kappa shape index (κ1) is 20.6. The minimum atomic E-state index is -0.692. The minimum absolute atomic E-state index is 0.0543. The molecule has 0 unspecified atom stereocenters. The standard InChI is InChI=1S/C21H22N4O3/c1-4-24(5-2)18-9-7-16(8-10-18)13-17(14-22)21(26)23-19-11-6-15(3)12-20(19)25(27)28/h6-13H,4-5H2,1-3H3,(H,23,26)/b17-13+. The lowest BCUT2D eigenvalue weighted by Gasteiger charge is -2.20. The molecule has 0 saturated carbocycles. The average molecular weight is 378 g/mol. The van der Waals surface area contributed by atoms with Crippen LogP contribution in [0, 0.1) is 28.4 Å². The summed E-state index contributed by atoms with van der Waals surface area (Å²) in [5.74, 6) is -0.692. The molecule has 0 atom stereocenters. The molecule has 0 aliphatic carbocycles. The number of hydrogen-bond donors (Lipinski definition) is 1. The first-order valence-corrected chi connectivity index (χ1v) is 8.92. The Morgan fingerprint density at radius 1 is 1.21 bits per heavy atom. The molecule has 7 nitrogen and oxygen atoms in total. The van der Waals surface area contributed by atoms with Gasteiger partial charge in [-0.05, 0) is 56.2 Å². The molecule has 7 heteroatoms. The van der Waals surface area contributed by atoms with E-state index in [1.807, 2.05) is 30.3 Å². The van der Waals surface area contributed by atoms with Crippen molar-refractivity contribution in [3.8, 4) is 6.07 Å². The van der Waals surface area contributed by atoms with Crippen molar-refractivity contribution in [1.29, 1.82) is 5.26 Å². The molecule has 144 valence electrons. The van der Waals surface area contributed by atoms with Crippen LogP contribution >= 0.6 is 0 Å². The molecule has 0 aliphatic heterocycles. The van der Waals surface area contributed by atoms with E-state index < -0.39 is 10.8 Å². The lowest BCUT2D eigenvalue weighted by molar-refractivity contribution is -0.384. The van der Waals surface area contributed by atoms with Crippen molar-refractivity contribution < 1.29 is 9.72 Å². The number of hydrogen-bond acceptors (Lipinski definition) is 5. The van der Waals surface area contributed by atoms with Gasteiger partial charge in [-0.2, -0.15) is 5.26 Å². The first-order valence-electron chi connectivity index (χ1n) is 8.92. The summed E-state index contributed by atoms with van der Waals surface area (Å²) in [4.78, 5) is 25.3. The maximum Gasteiger partial charge on any atom is 0.293 e. The van der Waals surface area contributed by atoms with Gasteiger partial charge < -0.3 is 10.2 Å². The van der Waals surface area contributed by atoms with E-state index in [-0.39, 0.29) is 16.9 Å². The van der Waals surface area contributed by atoms with Crippen LogP contribution in [0.4, 0.5) is 17.1 Å². The largest absolute Gasteiger partial charge is 0.372 e. The average Bonchev–Trinajstić information content (AvgIpc) is 2.69. The van der Waals surface area contributed by atoms with E-state index in [9.17, 15) is 20.2 Å². The molecule has 0 saturated heterocycles. The Hall–Kier alpha value is -3.66. The lowest BCUT2D eigenvalue weighted by Crippen LogP contribution is -2.21. The number of aryl methyl sites for hydroxylation is 1. The summed E-state index contributed by atoms with van der Waals surface area (Å²) in [5, 5.41) is 23.0. The van der Waals surface area contributed by atoms with Crippen molar-refractivity contribution in [1.82, 2.24) is 0 Å². The summed E-state index contributed by atoms with van der Waals surface area (Å²) >= 11 is 0. The van der Waals surface area contributed by atoms with E-state index in [1.54, 1.807) is 13.0 Å². The number of nitrogens with one attached hydrogen (secondary N) is 1. The molecular weight excluding hydrogens is 356 g/mol. The number of nitriles is 1. The summed E-state index contributed by atoms with van der Waals surface area (Å²) in [7, 11) is 0. The Bertz CT molecular complexity index is 939. The molecule has 1 amide bonds. The minimum Gasteiger partial charge on any atom is -0.372 e. The van der Waals surface area contributed by atoms with Crippen LogP contribution in [0.5, 0.6) is 0 Å². The summed E-state index contributed by atoms with van der Waals surface area (Å²) in [6, 6.07) is 13.9. The van der Waals surface area contributed by atoms with Crippen LogP contribution < -0.4 is 10.2 Å². The number of nitrogens with zero attached hydrogens (tertiary/aromatic N) is 3. The first-order chi connectivity index (χ1) is 13.4. The number of carbonyl (C=O) groups is 1. The molecular formula is C21H22N4O3. The summed E-state index contributed by atoms with van der Waals surface area (Å²) < 4.78 is 0. The van der Waals surface area contributed by atoms with E-state index in [0.717, 1.165) is 18.8 Å². The fourth-order valence-corrected chi connectivity index (χ4v) is 2.77. The lowest BCUT2D eigenvalue weighted by atomic mass is 10.1. The van der Waals surface area contributed by atoms with Gasteiger partial charge in [-0.1, -0.05) is 18.2 Å². The Balaban J connectivity index is 2.25. The Kier molecular flexibility index (Phi) is 6.88. The fourth-order valence-electron chi connectivity index (χ4n) is 2.77. The third kappa shape index (κ3) is 4.95. The maximum atomic E-state index is 12.4. The van der Waals surface area contributed by atoms with Gasteiger partial charge in [-0.25, -0.2) is 0 Å². The smallest absolute Gasteiger partial charge is 0.293 e. The highest BCUT2D eigenvalue weighted by atomic mass is 16.6. The monoisotopic (exact) mass is 378 g/mol. The van der Waals surface area contributed by atoms with E-state index in [2.05, 4.69) is 24.1 Å². The Morgan fingerprint density at radius 2 is 1.86 bits per heavy atom. The van der Waals surface area contributed by atoms with Gasteiger partial charge in [0.15, 0.2) is 0 Å². The number of nitro groups is 1. The Labute approximate surface area is 164 Å². The normalized spacial score (nSPS) is 10.9. The van der Waals surface area contributed by atoms with Crippen molar-refractivity contribution in [3.63, 3.8) is 0 Å². The topological polar surface area (TPSA) is 99.3 Å². The van der Waals surface area contributed by atoms with Gasteiger partial charge >= 0.3 is 0 Å². The number of carbonyl (C=O) groups excluding carboxylic acids is 1. The van der Waals surface area contributed by atoms with Crippen LogP contribution in [0.1, 0.15) is 25.0 Å². The second kappa shape index (κ2) is 9.33. The predicted octanol–water partition coefficient (Wildman–Crippen LogP) is 4.30. The SMILES string of the molecule is CCN(CC)c1ccc(/C=C(\C#N)C(=O)Nc2ccc(C)cc2[N+](=O)[O-])cc1. The van der Waals surface area contributed by atoms with Crippen LogP contribution in [-0.2, 0) is 4.79 Å². The van der Waals surface area contributed by atoms with Gasteiger partial charge in [0.05, 0.1) is 4.92 Å². The number of rotatable bonds is 7. The number of benzene rings is 2. The number of amides is 1. The zero-order valence-electron chi connectivity index (χ0n) is 16.1. The Morgan fingerprint density at radius 3 is 2.39 bits per heavy atom. The van der Waals surface area contributed by atoms with Crippen molar-refractivity contribution in [2.45, 2.75) is 20.8 Å². The molecule has 1 N–H and O–H groups in total. The van der Waals surface area contributed by atoms with Crippen molar-refractivity contribution in [2.75, 3.05) is 23.3 Å². The van der Waals surface area contributed by atoms with Gasteiger partial charge in [-0.3, -0.25) is 14.9 Å². The van der Waals surface area contributed by atoms with Crippen LogP contribution in [-0.4, -0.2) is 23.9 Å². The van der Waals surface area contributed by atoms with Gasteiger partial charge in [0, 0.05) is 24.8 Å². The van der Waals surface area contributed by atoms with Crippen molar-refractivity contribution in [3.05, 3.63) is 69.3 Å². The zero-order valence-corrected chi connectivity index (χ0v) is 16.1. The molecule has 0 aromatic heterocycles. The number of anilines is 2. The van der Waals surface area contributed by atoms with E-state index in [4.69, 9.17) is 0 Å². The van der Waals surface area contributed by atoms with Crippen LogP contribution in [0.2, 0.25) is 0 Å². The van der Waals surface area contributed by atoms with Crippen LogP contribution in [0.3, 0.4) is 0 Å². The van der Waals surface area contributed by atoms with Gasteiger partial charge in [0.25, 0.3) is 11.6 Å². The van der Waals surface area contributed by atoms with Gasteiger partial charge in [0.2, 0.25) is 0 Å². The predicted molar refractivity (Wildman–Crippen MR) is 110 cm³/mol. The molecule has 0 fully saturated rings. The second-order valence-corrected chi connectivity index (χ2v) is 6.17.